The molecule has 0 bridgehead atoms. The molecule has 106 valence electrons. The summed E-state index contributed by atoms with van der Waals surface area (Å²) < 4.78 is 7.26. The van der Waals surface area contributed by atoms with Crippen molar-refractivity contribution in [3.63, 3.8) is 0 Å². The van der Waals surface area contributed by atoms with Gasteiger partial charge in [-0.05, 0) is 25.8 Å². The van der Waals surface area contributed by atoms with Gasteiger partial charge in [0.25, 0.3) is 5.56 Å². The van der Waals surface area contributed by atoms with Crippen molar-refractivity contribution in [3.05, 3.63) is 40.7 Å². The van der Waals surface area contributed by atoms with Gasteiger partial charge in [0, 0.05) is 36.8 Å². The molecule has 1 aromatic heterocycles. The lowest BCUT2D eigenvalue weighted by atomic mass is 9.89. The van der Waals surface area contributed by atoms with Gasteiger partial charge < -0.3 is 14.6 Å². The molecule has 1 N–H and O–H groups in total. The number of aromatic nitrogens is 1. The number of rotatable bonds is 4. The van der Waals surface area contributed by atoms with Crippen LogP contribution < -0.4 is 10.9 Å². The topological polar surface area (TPSA) is 43.3 Å². The quantitative estimate of drug-likeness (QED) is 0.930. The first-order chi connectivity index (χ1) is 9.69. The van der Waals surface area contributed by atoms with E-state index in [4.69, 9.17) is 4.74 Å². The highest BCUT2D eigenvalue weighted by Crippen LogP contribution is 2.29. The Morgan fingerprint density at radius 2 is 2.10 bits per heavy atom. The second-order valence-corrected chi connectivity index (χ2v) is 5.36. The van der Waals surface area contributed by atoms with E-state index in [1.807, 2.05) is 32.2 Å². The van der Waals surface area contributed by atoms with Crippen molar-refractivity contribution in [1.29, 1.82) is 0 Å². The highest BCUT2D eigenvalue weighted by Gasteiger charge is 2.29. The number of para-hydroxylation sites is 1. The molecule has 1 heterocycles. The second kappa shape index (κ2) is 5.29. The minimum absolute atomic E-state index is 0.0203. The lowest BCUT2D eigenvalue weighted by Gasteiger charge is -2.36. The van der Waals surface area contributed by atoms with Crippen LogP contribution >= 0.6 is 0 Å². The first kappa shape index (κ1) is 13.2. The molecule has 3 rings (SSSR count). The molecular formula is C16H20N2O2. The van der Waals surface area contributed by atoms with E-state index in [2.05, 4.69) is 11.4 Å². The minimum Gasteiger partial charge on any atom is -0.381 e. The first-order valence-corrected chi connectivity index (χ1v) is 7.16. The van der Waals surface area contributed by atoms with Crippen molar-refractivity contribution < 1.29 is 4.74 Å². The number of pyridine rings is 1. The third-order valence-corrected chi connectivity index (χ3v) is 4.01. The van der Waals surface area contributed by atoms with Crippen molar-refractivity contribution >= 4 is 16.6 Å². The summed E-state index contributed by atoms with van der Waals surface area (Å²) >= 11 is 0. The van der Waals surface area contributed by atoms with Gasteiger partial charge in [0.05, 0.1) is 11.6 Å². The Morgan fingerprint density at radius 1 is 1.35 bits per heavy atom. The molecule has 0 radical (unpaired) electrons. The van der Waals surface area contributed by atoms with Gasteiger partial charge in [0.2, 0.25) is 0 Å². The third kappa shape index (κ3) is 2.31. The van der Waals surface area contributed by atoms with E-state index < -0.39 is 0 Å². The predicted molar refractivity (Wildman–Crippen MR) is 81.2 cm³/mol. The Hall–Kier alpha value is -1.81. The van der Waals surface area contributed by atoms with E-state index in [1.54, 1.807) is 10.6 Å². The summed E-state index contributed by atoms with van der Waals surface area (Å²) in [5.41, 5.74) is 1.92. The SMILES string of the molecule is CCOC1CC(Nc2cc(=O)n(C)c3ccccc23)C1. The largest absolute Gasteiger partial charge is 0.381 e. The van der Waals surface area contributed by atoms with Crippen molar-refractivity contribution in [2.75, 3.05) is 11.9 Å². The van der Waals surface area contributed by atoms with Gasteiger partial charge in [0.1, 0.15) is 0 Å². The maximum absolute atomic E-state index is 12.0. The van der Waals surface area contributed by atoms with Gasteiger partial charge in [0.15, 0.2) is 0 Å². The fraction of sp³-hybridized carbons (Fsp3) is 0.438. The zero-order valence-corrected chi connectivity index (χ0v) is 11.9. The van der Waals surface area contributed by atoms with Crippen LogP contribution in [0.25, 0.3) is 10.9 Å². The molecule has 20 heavy (non-hydrogen) atoms. The number of nitrogens with zero attached hydrogens (tertiary/aromatic N) is 1. The van der Waals surface area contributed by atoms with Crippen LogP contribution in [0, 0.1) is 0 Å². The van der Waals surface area contributed by atoms with Gasteiger partial charge in [-0.2, -0.15) is 0 Å². The lowest BCUT2D eigenvalue weighted by Crippen LogP contribution is -2.41. The zero-order valence-electron chi connectivity index (χ0n) is 11.9. The van der Waals surface area contributed by atoms with Crippen molar-refractivity contribution in [2.24, 2.45) is 7.05 Å². The van der Waals surface area contributed by atoms with Gasteiger partial charge >= 0.3 is 0 Å². The van der Waals surface area contributed by atoms with Crippen LogP contribution in [0.5, 0.6) is 0 Å². The number of anilines is 1. The van der Waals surface area contributed by atoms with Gasteiger partial charge in [-0.15, -0.1) is 0 Å². The summed E-state index contributed by atoms with van der Waals surface area (Å²) in [4.78, 5) is 12.0. The number of hydrogen-bond acceptors (Lipinski definition) is 3. The molecule has 1 aromatic carbocycles. The number of fused-ring (bicyclic) bond motifs is 1. The molecule has 0 aliphatic heterocycles. The average molecular weight is 272 g/mol. The Morgan fingerprint density at radius 3 is 2.85 bits per heavy atom. The molecule has 0 amide bonds. The van der Waals surface area contributed by atoms with Crippen LogP contribution in [0.15, 0.2) is 35.1 Å². The van der Waals surface area contributed by atoms with Crippen molar-refractivity contribution in [2.45, 2.75) is 31.9 Å². The van der Waals surface area contributed by atoms with Crippen LogP contribution in [0.2, 0.25) is 0 Å². The number of aryl methyl sites for hydroxylation is 1. The summed E-state index contributed by atoms with van der Waals surface area (Å²) in [6.45, 7) is 2.79. The number of hydrogen-bond donors (Lipinski definition) is 1. The van der Waals surface area contributed by atoms with E-state index in [1.165, 1.54) is 0 Å². The van der Waals surface area contributed by atoms with Gasteiger partial charge in [-0.3, -0.25) is 4.79 Å². The number of nitrogens with one attached hydrogen (secondary N) is 1. The molecule has 4 heteroatoms. The van der Waals surface area contributed by atoms with Gasteiger partial charge in [-0.25, -0.2) is 0 Å². The van der Waals surface area contributed by atoms with Gasteiger partial charge in [-0.1, -0.05) is 18.2 Å². The van der Waals surface area contributed by atoms with Crippen LogP contribution in [0.3, 0.4) is 0 Å². The fourth-order valence-corrected chi connectivity index (χ4v) is 2.81. The normalized spacial score (nSPS) is 21.7. The molecule has 1 aliphatic carbocycles. The summed E-state index contributed by atoms with van der Waals surface area (Å²) in [6.07, 6.45) is 2.39. The smallest absolute Gasteiger partial charge is 0.252 e. The van der Waals surface area contributed by atoms with E-state index in [0.717, 1.165) is 36.0 Å². The molecule has 4 nitrogen and oxygen atoms in total. The van der Waals surface area contributed by atoms with E-state index >= 15 is 0 Å². The van der Waals surface area contributed by atoms with Crippen LogP contribution in [0.4, 0.5) is 5.69 Å². The monoisotopic (exact) mass is 272 g/mol. The van der Waals surface area contributed by atoms with Crippen molar-refractivity contribution in [3.8, 4) is 0 Å². The summed E-state index contributed by atoms with van der Waals surface area (Å²) in [6, 6.07) is 10.1. The second-order valence-electron chi connectivity index (χ2n) is 5.36. The summed E-state index contributed by atoms with van der Waals surface area (Å²) in [7, 11) is 1.81. The molecule has 1 fully saturated rings. The Kier molecular flexibility index (Phi) is 3.49. The Labute approximate surface area is 118 Å². The highest BCUT2D eigenvalue weighted by atomic mass is 16.5. The van der Waals surface area contributed by atoms with E-state index in [9.17, 15) is 4.79 Å². The van der Waals surface area contributed by atoms with Crippen LogP contribution in [0.1, 0.15) is 19.8 Å². The third-order valence-electron chi connectivity index (χ3n) is 4.01. The first-order valence-electron chi connectivity index (χ1n) is 7.16. The van der Waals surface area contributed by atoms with E-state index in [-0.39, 0.29) is 5.56 Å². The molecule has 0 atom stereocenters. The maximum Gasteiger partial charge on any atom is 0.252 e. The molecule has 1 saturated carbocycles. The van der Waals surface area contributed by atoms with Crippen LogP contribution in [-0.2, 0) is 11.8 Å². The fourth-order valence-electron chi connectivity index (χ4n) is 2.81. The standard InChI is InChI=1S/C16H20N2O2/c1-3-20-12-8-11(9-12)17-14-10-16(19)18(2)15-7-5-4-6-13(14)15/h4-7,10-12,17H,3,8-9H2,1-2H3. The molecule has 1 aliphatic rings. The minimum atomic E-state index is 0.0203. The Balaban J connectivity index is 1.86. The molecular weight excluding hydrogens is 252 g/mol. The zero-order chi connectivity index (χ0) is 14.1. The summed E-state index contributed by atoms with van der Waals surface area (Å²) in [5.74, 6) is 0. The number of benzene rings is 1. The molecule has 0 saturated heterocycles. The number of ether oxygens (including phenoxy) is 1. The predicted octanol–water partition coefficient (Wildman–Crippen LogP) is 2.52. The molecule has 2 aromatic rings. The molecule has 0 spiro atoms. The highest BCUT2D eigenvalue weighted by molar-refractivity contribution is 5.91. The van der Waals surface area contributed by atoms with E-state index in [0.29, 0.717) is 12.1 Å². The van der Waals surface area contributed by atoms with Crippen LogP contribution in [-0.4, -0.2) is 23.3 Å². The average Bonchev–Trinajstić information content (AvgIpc) is 2.42. The molecule has 0 unspecified atom stereocenters. The van der Waals surface area contributed by atoms with Crippen molar-refractivity contribution in [1.82, 2.24) is 4.57 Å². The Bertz CT molecular complexity index is 672. The summed E-state index contributed by atoms with van der Waals surface area (Å²) in [5, 5.41) is 4.58. The maximum atomic E-state index is 12.0. The lowest BCUT2D eigenvalue weighted by molar-refractivity contribution is 0.00301.